The van der Waals surface area contributed by atoms with Gasteiger partial charge in [0.1, 0.15) is 17.0 Å². The Morgan fingerprint density at radius 3 is 2.75 bits per heavy atom. The summed E-state index contributed by atoms with van der Waals surface area (Å²) in [7, 11) is -4.37. The molecule has 2 aromatic carbocycles. The van der Waals surface area contributed by atoms with Gasteiger partial charge in [-0.25, -0.2) is 31.4 Å². The van der Waals surface area contributed by atoms with Gasteiger partial charge in [0.05, 0.1) is 18.1 Å². The molecule has 9 nitrogen and oxygen atoms in total. The number of anilines is 1. The Kier molecular flexibility index (Phi) is 6.12. The Morgan fingerprint density at radius 1 is 1.28 bits per heavy atom. The summed E-state index contributed by atoms with van der Waals surface area (Å²) in [5, 5.41) is -0.0467. The monoisotopic (exact) mass is 539 g/mol. The second-order valence-corrected chi connectivity index (χ2v) is 11.0. The van der Waals surface area contributed by atoms with E-state index in [4.69, 9.17) is 4.42 Å². The molecule has 5 rings (SSSR count). The third-order valence-electron chi connectivity index (χ3n) is 6.07. The van der Waals surface area contributed by atoms with Crippen LogP contribution in [0, 0.1) is 5.82 Å². The first-order valence-corrected chi connectivity index (χ1v) is 13.1. The summed E-state index contributed by atoms with van der Waals surface area (Å²) >= 11 is 0.778. The molecule has 0 amide bonds. The Hall–Kier alpha value is -3.23. The molecular weight excluding hydrogens is 519 g/mol. The van der Waals surface area contributed by atoms with Gasteiger partial charge in [-0.1, -0.05) is 24.3 Å². The van der Waals surface area contributed by atoms with Crippen LogP contribution < -0.4 is 10.5 Å². The Bertz CT molecular complexity index is 1580. The first kappa shape index (κ1) is 24.5. The lowest BCUT2D eigenvalue weighted by atomic mass is 10.0. The zero-order valence-electron chi connectivity index (χ0n) is 18.8. The van der Waals surface area contributed by atoms with E-state index >= 15 is 4.39 Å². The molecule has 2 aromatic heterocycles. The van der Waals surface area contributed by atoms with Gasteiger partial charge < -0.3 is 4.42 Å². The molecule has 0 bridgehead atoms. The number of benzene rings is 2. The number of nitrogens with zero attached hydrogens (tertiary/aromatic N) is 4. The second kappa shape index (κ2) is 9.01. The average Bonchev–Trinajstić information content (AvgIpc) is 3.51. The van der Waals surface area contributed by atoms with Gasteiger partial charge in [-0.3, -0.25) is 14.2 Å². The second-order valence-electron chi connectivity index (χ2n) is 8.53. The molecule has 4 aromatic rings. The van der Waals surface area contributed by atoms with Crippen LogP contribution in [0.2, 0.25) is 0 Å². The van der Waals surface area contributed by atoms with Gasteiger partial charge >= 0.3 is 5.76 Å². The van der Waals surface area contributed by atoms with Crippen molar-refractivity contribution in [3.05, 3.63) is 70.2 Å². The summed E-state index contributed by atoms with van der Waals surface area (Å²) < 4.78 is 80.0. The number of aromatic nitrogens is 3. The van der Waals surface area contributed by atoms with Gasteiger partial charge in [0.25, 0.3) is 15.9 Å². The molecule has 36 heavy (non-hydrogen) atoms. The fourth-order valence-electron chi connectivity index (χ4n) is 4.40. The molecule has 1 saturated heterocycles. The predicted octanol–water partition coefficient (Wildman–Crippen LogP) is 3.84. The number of halogens is 3. The molecule has 14 heteroatoms. The molecule has 3 heterocycles. The molecule has 0 unspecified atom stereocenters. The third kappa shape index (κ3) is 4.63. The molecule has 0 spiro atoms. The fourth-order valence-corrected chi connectivity index (χ4v) is 6.14. The van der Waals surface area contributed by atoms with Gasteiger partial charge in [-0.2, -0.15) is 4.37 Å². The van der Waals surface area contributed by atoms with E-state index in [0.717, 1.165) is 35.6 Å². The topological polar surface area (TPSA) is 110 Å². The standard InChI is InChI=1S/C22H20F3N5O4S2/c1-13(15-5-3-2-4-14(15)10-29-7-6-22(24,25)11-29)30-17-8-16(23)19(9-18(17)34-21(30)31)36(32,33)28-20-26-12-27-35-20/h2-5,8-9,12-13H,6-7,10-11H2,1H3,(H,26,27,28)/t13-/m1/s1. The van der Waals surface area contributed by atoms with Crippen LogP contribution in [0.25, 0.3) is 11.1 Å². The number of alkyl halides is 2. The summed E-state index contributed by atoms with van der Waals surface area (Å²) in [6.45, 7) is 1.86. The first-order valence-electron chi connectivity index (χ1n) is 10.9. The summed E-state index contributed by atoms with van der Waals surface area (Å²) in [6.07, 6.45) is 0.935. The van der Waals surface area contributed by atoms with Crippen molar-refractivity contribution in [2.45, 2.75) is 36.7 Å². The van der Waals surface area contributed by atoms with Gasteiger partial charge in [-0.05, 0) is 18.1 Å². The molecule has 0 radical (unpaired) electrons. The number of sulfonamides is 1. The minimum Gasteiger partial charge on any atom is -0.408 e. The van der Waals surface area contributed by atoms with Gasteiger partial charge in [0.15, 0.2) is 5.58 Å². The Morgan fingerprint density at radius 2 is 2.06 bits per heavy atom. The van der Waals surface area contributed by atoms with Crippen LogP contribution >= 0.6 is 11.5 Å². The van der Waals surface area contributed by atoms with Gasteiger partial charge in [0, 0.05) is 43.2 Å². The molecule has 190 valence electrons. The number of oxazole rings is 1. The highest BCUT2D eigenvalue weighted by atomic mass is 32.2. The lowest BCUT2D eigenvalue weighted by molar-refractivity contribution is 0.0115. The van der Waals surface area contributed by atoms with Crippen LogP contribution in [0.4, 0.5) is 18.3 Å². The van der Waals surface area contributed by atoms with Crippen molar-refractivity contribution in [2.24, 2.45) is 0 Å². The minimum atomic E-state index is -4.37. The molecule has 1 N–H and O–H groups in total. The highest BCUT2D eigenvalue weighted by Gasteiger charge is 2.38. The molecule has 1 aliphatic rings. The average molecular weight is 540 g/mol. The van der Waals surface area contributed by atoms with Gasteiger partial charge in [0.2, 0.25) is 5.13 Å². The molecule has 1 aliphatic heterocycles. The Labute approximate surface area is 207 Å². The van der Waals surface area contributed by atoms with Crippen molar-refractivity contribution in [3.63, 3.8) is 0 Å². The molecule has 0 aliphatic carbocycles. The minimum absolute atomic E-state index is 0.0467. The van der Waals surface area contributed by atoms with Crippen LogP contribution in [0.15, 0.2) is 56.8 Å². The van der Waals surface area contributed by atoms with E-state index in [-0.39, 0.29) is 42.3 Å². The highest BCUT2D eigenvalue weighted by molar-refractivity contribution is 7.93. The maximum Gasteiger partial charge on any atom is 0.420 e. The zero-order chi connectivity index (χ0) is 25.7. The van der Waals surface area contributed by atoms with Crippen LogP contribution in [0.5, 0.6) is 0 Å². The Balaban J connectivity index is 1.51. The summed E-state index contributed by atoms with van der Waals surface area (Å²) in [4.78, 5) is 17.5. The smallest absolute Gasteiger partial charge is 0.408 e. The van der Waals surface area contributed by atoms with Crippen LogP contribution in [-0.2, 0) is 16.6 Å². The van der Waals surface area contributed by atoms with E-state index in [9.17, 15) is 22.0 Å². The molecule has 1 atom stereocenters. The molecular formula is C22H20F3N5O4S2. The largest absolute Gasteiger partial charge is 0.420 e. The summed E-state index contributed by atoms with van der Waals surface area (Å²) in [5.41, 5.74) is 1.35. The van der Waals surface area contributed by atoms with Crippen molar-refractivity contribution in [2.75, 3.05) is 17.8 Å². The highest BCUT2D eigenvalue weighted by Crippen LogP contribution is 2.32. The number of likely N-dealkylation sites (tertiary alicyclic amines) is 1. The third-order valence-corrected chi connectivity index (χ3v) is 8.14. The van der Waals surface area contributed by atoms with Crippen LogP contribution in [0.1, 0.15) is 30.5 Å². The number of hydrogen-bond donors (Lipinski definition) is 1. The first-order chi connectivity index (χ1) is 17.0. The number of nitrogens with one attached hydrogen (secondary N) is 1. The quantitative estimate of drug-likeness (QED) is 0.380. The van der Waals surface area contributed by atoms with Crippen LogP contribution in [0.3, 0.4) is 0 Å². The number of hydrogen-bond acceptors (Lipinski definition) is 8. The van der Waals surface area contributed by atoms with E-state index in [1.54, 1.807) is 36.1 Å². The SMILES string of the molecule is C[C@H](c1ccccc1CN1CCC(F)(F)C1)n1c(=O)oc2cc(S(=O)(=O)Nc3ncns3)c(F)cc21. The normalized spacial score (nSPS) is 17.0. The lowest BCUT2D eigenvalue weighted by Gasteiger charge is -2.21. The van der Waals surface area contributed by atoms with Crippen molar-refractivity contribution in [1.29, 1.82) is 0 Å². The van der Waals surface area contributed by atoms with E-state index < -0.39 is 38.5 Å². The van der Waals surface area contributed by atoms with Crippen molar-refractivity contribution in [3.8, 4) is 0 Å². The molecule has 0 saturated carbocycles. The maximum absolute atomic E-state index is 15.0. The zero-order valence-corrected chi connectivity index (χ0v) is 20.5. The predicted molar refractivity (Wildman–Crippen MR) is 126 cm³/mol. The van der Waals surface area contributed by atoms with Crippen LogP contribution in [-0.4, -0.2) is 46.3 Å². The van der Waals surface area contributed by atoms with E-state index in [0.29, 0.717) is 5.56 Å². The van der Waals surface area contributed by atoms with Crippen molar-refractivity contribution in [1.82, 2.24) is 18.8 Å². The van der Waals surface area contributed by atoms with Crippen molar-refractivity contribution < 1.29 is 26.0 Å². The van der Waals surface area contributed by atoms with E-state index in [2.05, 4.69) is 14.1 Å². The fraction of sp³-hybridized carbons (Fsp3) is 0.318. The summed E-state index contributed by atoms with van der Waals surface area (Å²) in [5.74, 6) is -4.64. The lowest BCUT2D eigenvalue weighted by Crippen LogP contribution is -2.26. The maximum atomic E-state index is 15.0. The summed E-state index contributed by atoms with van der Waals surface area (Å²) in [6, 6.07) is 8.30. The number of fused-ring (bicyclic) bond motifs is 1. The van der Waals surface area contributed by atoms with E-state index in [1.165, 1.54) is 4.57 Å². The number of rotatable bonds is 7. The van der Waals surface area contributed by atoms with E-state index in [1.807, 2.05) is 0 Å². The van der Waals surface area contributed by atoms with Gasteiger partial charge in [-0.15, -0.1) is 0 Å². The van der Waals surface area contributed by atoms with Crippen molar-refractivity contribution >= 4 is 37.8 Å². The molecule has 1 fully saturated rings.